The van der Waals surface area contributed by atoms with Crippen molar-refractivity contribution in [2.24, 2.45) is 0 Å². The summed E-state index contributed by atoms with van der Waals surface area (Å²) in [5, 5.41) is 0.356. The smallest absolute Gasteiger partial charge is 0.432 e. The maximum absolute atomic E-state index is 11.6. The molecule has 0 aromatic rings. The minimum Gasteiger partial charge on any atom is -0.432 e. The molecule has 1 saturated heterocycles. The molecular formula is C9H14NO8P. The van der Waals surface area contributed by atoms with Gasteiger partial charge in [-0.25, -0.2) is 4.79 Å². The van der Waals surface area contributed by atoms with Crippen molar-refractivity contribution in [1.29, 1.82) is 0 Å². The van der Waals surface area contributed by atoms with Gasteiger partial charge in [-0.3, -0.25) is 19.0 Å². The number of ether oxygens (including phenoxy) is 1. The van der Waals surface area contributed by atoms with Crippen LogP contribution in [0.1, 0.15) is 12.8 Å². The van der Waals surface area contributed by atoms with Crippen LogP contribution in [0.15, 0.2) is 0 Å². The van der Waals surface area contributed by atoms with Crippen LogP contribution in [-0.2, 0) is 32.8 Å². The Labute approximate surface area is 109 Å². The molecule has 1 fully saturated rings. The first-order chi connectivity index (χ1) is 8.91. The Bertz CT molecular complexity index is 398. The highest BCUT2D eigenvalue weighted by atomic mass is 31.2. The van der Waals surface area contributed by atoms with E-state index in [4.69, 9.17) is 0 Å². The lowest BCUT2D eigenvalue weighted by Gasteiger charge is -2.14. The second-order valence-electron chi connectivity index (χ2n) is 3.47. The van der Waals surface area contributed by atoms with Gasteiger partial charge < -0.3 is 13.8 Å². The zero-order valence-electron chi connectivity index (χ0n) is 10.5. The Morgan fingerprint density at radius 3 is 2.21 bits per heavy atom. The molecule has 0 aromatic heterocycles. The summed E-state index contributed by atoms with van der Waals surface area (Å²) < 4.78 is 25.4. The first-order valence-corrected chi connectivity index (χ1v) is 7.05. The molecule has 1 aliphatic heterocycles. The van der Waals surface area contributed by atoms with Gasteiger partial charge in [0.15, 0.2) is 0 Å². The maximum atomic E-state index is 11.6. The van der Waals surface area contributed by atoms with E-state index >= 15 is 0 Å². The van der Waals surface area contributed by atoms with Gasteiger partial charge in [0.25, 0.3) is 11.8 Å². The number of hydrogen-bond donors (Lipinski definition) is 0. The van der Waals surface area contributed by atoms with Crippen molar-refractivity contribution in [3.05, 3.63) is 0 Å². The molecule has 1 heterocycles. The molecule has 9 nitrogen and oxygen atoms in total. The first kappa shape index (κ1) is 15.6. The third kappa shape index (κ3) is 4.30. The van der Waals surface area contributed by atoms with Crippen molar-refractivity contribution >= 4 is 25.6 Å². The summed E-state index contributed by atoms with van der Waals surface area (Å²) in [6, 6.07) is 0. The van der Waals surface area contributed by atoms with E-state index in [1.807, 2.05) is 0 Å². The van der Waals surface area contributed by atoms with Crippen molar-refractivity contribution in [3.8, 4) is 0 Å². The van der Waals surface area contributed by atoms with E-state index in [1.165, 1.54) is 14.2 Å². The van der Waals surface area contributed by atoms with Crippen molar-refractivity contribution in [2.75, 3.05) is 27.0 Å². The van der Waals surface area contributed by atoms with Gasteiger partial charge >= 0.3 is 13.8 Å². The predicted octanol–water partition coefficient (Wildman–Crippen LogP) is 0.689. The molecule has 0 radical (unpaired) electrons. The summed E-state index contributed by atoms with van der Waals surface area (Å²) in [4.78, 5) is 37.9. The third-order valence-electron chi connectivity index (χ3n) is 2.31. The molecule has 0 bridgehead atoms. The molecule has 108 valence electrons. The Balaban J connectivity index is 2.34. The van der Waals surface area contributed by atoms with Crippen molar-refractivity contribution in [1.82, 2.24) is 5.06 Å². The van der Waals surface area contributed by atoms with E-state index in [0.29, 0.717) is 5.06 Å². The monoisotopic (exact) mass is 295 g/mol. The van der Waals surface area contributed by atoms with E-state index < -0.39 is 25.6 Å². The predicted molar refractivity (Wildman–Crippen MR) is 60.0 cm³/mol. The van der Waals surface area contributed by atoms with Crippen LogP contribution < -0.4 is 0 Å². The van der Waals surface area contributed by atoms with Gasteiger partial charge in [0.1, 0.15) is 6.61 Å². The number of hydrogen-bond acceptors (Lipinski definition) is 8. The Morgan fingerprint density at radius 1 is 1.21 bits per heavy atom. The zero-order valence-corrected chi connectivity index (χ0v) is 11.4. The van der Waals surface area contributed by atoms with Gasteiger partial charge in [0.2, 0.25) is 0 Å². The Hall–Kier alpha value is -1.44. The van der Waals surface area contributed by atoms with Gasteiger partial charge in [-0.05, 0) is 0 Å². The Morgan fingerprint density at radius 2 is 1.74 bits per heavy atom. The molecule has 1 rings (SSSR count). The van der Waals surface area contributed by atoms with Gasteiger partial charge in [-0.15, -0.1) is 0 Å². The molecular weight excluding hydrogens is 281 g/mol. The molecule has 0 spiro atoms. The largest absolute Gasteiger partial charge is 0.533 e. The highest BCUT2D eigenvalue weighted by molar-refractivity contribution is 7.53. The van der Waals surface area contributed by atoms with Crippen molar-refractivity contribution in [3.63, 3.8) is 0 Å². The van der Waals surface area contributed by atoms with E-state index in [2.05, 4.69) is 18.6 Å². The van der Waals surface area contributed by atoms with Crippen molar-refractivity contribution in [2.45, 2.75) is 12.8 Å². The normalized spacial score (nSPS) is 15.8. The molecule has 0 atom stereocenters. The van der Waals surface area contributed by atoms with Gasteiger partial charge in [0.05, 0.1) is 6.16 Å². The molecule has 0 saturated carbocycles. The SMILES string of the molecule is COP(=O)(CCOC(=O)ON1C(=O)CCC1=O)OC. The van der Waals surface area contributed by atoms with Gasteiger partial charge in [-0.1, -0.05) is 5.06 Å². The lowest BCUT2D eigenvalue weighted by Crippen LogP contribution is -2.32. The summed E-state index contributed by atoms with van der Waals surface area (Å²) >= 11 is 0. The van der Waals surface area contributed by atoms with Crippen LogP contribution in [0.25, 0.3) is 0 Å². The summed E-state index contributed by atoms with van der Waals surface area (Å²) in [7, 11) is -0.880. The van der Waals surface area contributed by atoms with Crippen LogP contribution in [0.3, 0.4) is 0 Å². The van der Waals surface area contributed by atoms with E-state index in [-0.39, 0.29) is 25.6 Å². The minimum absolute atomic E-state index is 0.00529. The molecule has 0 N–H and O–H groups in total. The maximum Gasteiger partial charge on any atom is 0.533 e. The topological polar surface area (TPSA) is 108 Å². The molecule has 19 heavy (non-hydrogen) atoms. The molecule has 0 unspecified atom stereocenters. The van der Waals surface area contributed by atoms with Crippen LogP contribution in [0.4, 0.5) is 4.79 Å². The van der Waals surface area contributed by atoms with Crippen LogP contribution in [0, 0.1) is 0 Å². The summed E-state index contributed by atoms with van der Waals surface area (Å²) in [5.74, 6) is -1.22. The summed E-state index contributed by atoms with van der Waals surface area (Å²) in [6.07, 6.45) is -1.41. The van der Waals surface area contributed by atoms with Crippen molar-refractivity contribution < 1.29 is 37.6 Å². The molecule has 2 amide bonds. The fraction of sp³-hybridized carbons (Fsp3) is 0.667. The fourth-order valence-corrected chi connectivity index (χ4v) is 2.09. The van der Waals surface area contributed by atoms with Gasteiger partial charge in [0, 0.05) is 27.1 Å². The lowest BCUT2D eigenvalue weighted by atomic mass is 10.4. The second-order valence-corrected chi connectivity index (χ2v) is 5.87. The van der Waals surface area contributed by atoms with Crippen LogP contribution >= 0.6 is 7.60 Å². The molecule has 0 aromatic carbocycles. The minimum atomic E-state index is -3.28. The molecule has 0 aliphatic carbocycles. The second kappa shape index (κ2) is 6.65. The average molecular weight is 295 g/mol. The van der Waals surface area contributed by atoms with Crippen LogP contribution in [-0.4, -0.2) is 50.0 Å². The van der Waals surface area contributed by atoms with Crippen LogP contribution in [0.2, 0.25) is 0 Å². The van der Waals surface area contributed by atoms with E-state index in [1.54, 1.807) is 0 Å². The fourth-order valence-electron chi connectivity index (χ4n) is 1.26. The number of amides is 2. The highest BCUT2D eigenvalue weighted by Gasteiger charge is 2.33. The van der Waals surface area contributed by atoms with E-state index in [9.17, 15) is 18.9 Å². The number of carbonyl (C=O) groups excluding carboxylic acids is 3. The standard InChI is InChI=1S/C9H14NO8P/c1-15-19(14,16-2)6-5-17-9(13)18-10-7(11)3-4-8(10)12/h3-6H2,1-2H3. The van der Waals surface area contributed by atoms with E-state index in [0.717, 1.165) is 0 Å². The number of carbonyl (C=O) groups is 3. The molecule has 10 heteroatoms. The number of imide groups is 1. The lowest BCUT2D eigenvalue weighted by molar-refractivity contribution is -0.176. The Kier molecular flexibility index (Phi) is 5.46. The number of nitrogens with zero attached hydrogens (tertiary/aromatic N) is 1. The zero-order chi connectivity index (χ0) is 14.5. The number of hydroxylamine groups is 2. The molecule has 1 aliphatic rings. The van der Waals surface area contributed by atoms with Gasteiger partial charge in [-0.2, -0.15) is 0 Å². The average Bonchev–Trinajstić information content (AvgIpc) is 2.70. The third-order valence-corrected chi connectivity index (χ3v) is 4.16. The van der Waals surface area contributed by atoms with Crippen LogP contribution in [0.5, 0.6) is 0 Å². The summed E-state index contributed by atoms with van der Waals surface area (Å²) in [5.41, 5.74) is 0. The number of rotatable bonds is 6. The first-order valence-electron chi connectivity index (χ1n) is 5.33. The summed E-state index contributed by atoms with van der Waals surface area (Å²) in [6.45, 7) is -0.298. The highest BCUT2D eigenvalue weighted by Crippen LogP contribution is 2.45. The quantitative estimate of drug-likeness (QED) is 0.400.